The van der Waals surface area contributed by atoms with Gasteiger partial charge in [0.25, 0.3) is 0 Å². The molecule has 0 aromatic heterocycles. The summed E-state index contributed by atoms with van der Waals surface area (Å²) >= 11 is 4.57. The minimum Gasteiger partial charge on any atom is -0.392 e. The third kappa shape index (κ3) is 2.29. The number of benzene rings is 1. The Labute approximate surface area is 93.5 Å². The maximum absolute atomic E-state index is 8.87. The lowest BCUT2D eigenvalue weighted by Gasteiger charge is -2.03. The number of aliphatic hydroxyl groups excluding tert-OH is 1. The zero-order valence-electron chi connectivity index (χ0n) is 6.06. The molecule has 0 radical (unpaired) electrons. The second-order valence-electron chi connectivity index (χ2n) is 2.34. The van der Waals surface area contributed by atoms with E-state index < -0.39 is 0 Å². The third-order valence-electron chi connectivity index (χ3n) is 1.52. The van der Waals surface area contributed by atoms with Crippen molar-refractivity contribution in [3.63, 3.8) is 0 Å². The Kier molecular flexibility index (Phi) is 3.57. The summed E-state index contributed by atoms with van der Waals surface area (Å²) < 4.78 is 2.44. The topological polar surface area (TPSA) is 20.2 Å². The summed E-state index contributed by atoms with van der Waals surface area (Å²) in [7, 11) is 0. The summed E-state index contributed by atoms with van der Waals surface area (Å²) in [5, 5.41) is 8.87. The highest BCUT2D eigenvalue weighted by molar-refractivity contribution is 14.1. The van der Waals surface area contributed by atoms with Gasteiger partial charge < -0.3 is 5.11 Å². The van der Waals surface area contributed by atoms with Gasteiger partial charge in [-0.1, -0.05) is 0 Å². The van der Waals surface area contributed by atoms with Gasteiger partial charge in [-0.05, 0) is 75.4 Å². The molecule has 1 N–H and O–H groups in total. The first-order chi connectivity index (χ1) is 5.15. The van der Waals surface area contributed by atoms with Crippen LogP contribution in [-0.2, 0) is 6.61 Å². The van der Waals surface area contributed by atoms with Crippen molar-refractivity contribution in [1.29, 1.82) is 0 Å². The molecule has 0 heterocycles. The lowest BCUT2D eigenvalue weighted by Crippen LogP contribution is -1.90. The first-order valence-corrected chi connectivity index (χ1v) is 5.36. The number of hydrogen-bond acceptors (Lipinski definition) is 1. The van der Waals surface area contributed by atoms with Crippen LogP contribution >= 0.6 is 45.2 Å². The molecule has 1 rings (SSSR count). The van der Waals surface area contributed by atoms with Crippen molar-refractivity contribution in [1.82, 2.24) is 0 Å². The van der Waals surface area contributed by atoms with Crippen LogP contribution in [0.25, 0.3) is 0 Å². The van der Waals surface area contributed by atoms with Crippen LogP contribution in [0.15, 0.2) is 12.1 Å². The Morgan fingerprint density at radius 2 is 1.73 bits per heavy atom. The fourth-order valence-electron chi connectivity index (χ4n) is 0.789. The van der Waals surface area contributed by atoms with Crippen molar-refractivity contribution in [3.05, 3.63) is 30.4 Å². The molecule has 60 valence electrons. The highest BCUT2D eigenvalue weighted by atomic mass is 127. The van der Waals surface area contributed by atoms with E-state index in [0.29, 0.717) is 0 Å². The van der Waals surface area contributed by atoms with Crippen LogP contribution in [0.5, 0.6) is 0 Å². The van der Waals surface area contributed by atoms with Crippen molar-refractivity contribution in [2.45, 2.75) is 13.5 Å². The van der Waals surface area contributed by atoms with E-state index in [1.54, 1.807) is 0 Å². The molecular formula is C8H8I2O. The van der Waals surface area contributed by atoms with E-state index in [0.717, 1.165) is 5.56 Å². The van der Waals surface area contributed by atoms with Gasteiger partial charge in [0.1, 0.15) is 0 Å². The van der Waals surface area contributed by atoms with Gasteiger partial charge in [-0.3, -0.25) is 0 Å². The molecule has 0 aliphatic rings. The summed E-state index contributed by atoms with van der Waals surface area (Å²) in [6.45, 7) is 2.22. The molecule has 1 aromatic carbocycles. The lowest BCUT2D eigenvalue weighted by molar-refractivity contribution is 0.281. The molecule has 11 heavy (non-hydrogen) atoms. The first-order valence-electron chi connectivity index (χ1n) is 3.20. The Bertz CT molecular complexity index is 248. The number of rotatable bonds is 1. The predicted octanol–water partition coefficient (Wildman–Crippen LogP) is 2.70. The molecule has 0 aliphatic carbocycles. The van der Waals surface area contributed by atoms with E-state index in [-0.39, 0.29) is 6.61 Å². The van der Waals surface area contributed by atoms with Gasteiger partial charge in [0.05, 0.1) is 6.61 Å². The summed E-state index contributed by atoms with van der Waals surface area (Å²) in [6, 6.07) is 4.02. The molecule has 0 saturated carbocycles. The Hall–Kier alpha value is 0.640. The average molecular weight is 374 g/mol. The zero-order chi connectivity index (χ0) is 8.43. The molecule has 0 spiro atoms. The molecule has 1 nitrogen and oxygen atoms in total. The second-order valence-corrected chi connectivity index (χ2v) is 4.67. The highest BCUT2D eigenvalue weighted by Crippen LogP contribution is 2.20. The van der Waals surface area contributed by atoms with Crippen molar-refractivity contribution >= 4 is 45.2 Å². The fourth-order valence-corrected chi connectivity index (χ4v) is 2.69. The average Bonchev–Trinajstić information content (AvgIpc) is 1.99. The van der Waals surface area contributed by atoms with E-state index in [1.807, 2.05) is 12.1 Å². The van der Waals surface area contributed by atoms with Crippen molar-refractivity contribution in [2.75, 3.05) is 0 Å². The Balaban J connectivity index is 3.21. The van der Waals surface area contributed by atoms with Gasteiger partial charge in [0, 0.05) is 7.14 Å². The molecule has 0 unspecified atom stereocenters. The second kappa shape index (κ2) is 4.04. The molecule has 0 bridgehead atoms. The highest BCUT2D eigenvalue weighted by Gasteiger charge is 2.01. The van der Waals surface area contributed by atoms with Crippen LogP contribution in [0.2, 0.25) is 0 Å². The molecule has 0 saturated heterocycles. The Morgan fingerprint density at radius 3 is 2.09 bits per heavy atom. The summed E-state index contributed by atoms with van der Waals surface area (Å²) in [4.78, 5) is 0. The van der Waals surface area contributed by atoms with E-state index in [1.165, 1.54) is 12.7 Å². The third-order valence-corrected chi connectivity index (χ3v) is 3.76. The molecule has 0 aliphatic heterocycles. The van der Waals surface area contributed by atoms with Crippen molar-refractivity contribution < 1.29 is 5.11 Å². The normalized spacial score (nSPS) is 10.2. The van der Waals surface area contributed by atoms with Gasteiger partial charge in [-0.15, -0.1) is 0 Å². The number of aliphatic hydroxyl groups is 1. The van der Waals surface area contributed by atoms with Crippen molar-refractivity contribution in [3.8, 4) is 0 Å². The monoisotopic (exact) mass is 374 g/mol. The van der Waals surface area contributed by atoms with Crippen LogP contribution in [0, 0.1) is 14.1 Å². The molecular weight excluding hydrogens is 366 g/mol. The summed E-state index contributed by atoms with van der Waals surface area (Å²) in [5.74, 6) is 0. The maximum Gasteiger partial charge on any atom is 0.0682 e. The van der Waals surface area contributed by atoms with Crippen molar-refractivity contribution in [2.24, 2.45) is 0 Å². The quantitative estimate of drug-likeness (QED) is 0.750. The standard InChI is InChI=1S/C8H8I2O/c1-5-7(9)2-6(4-11)3-8(5)10/h2-3,11H,4H2,1H3. The van der Waals surface area contributed by atoms with E-state index >= 15 is 0 Å². The molecule has 3 heteroatoms. The SMILES string of the molecule is Cc1c(I)cc(CO)cc1I. The van der Waals surface area contributed by atoms with Gasteiger partial charge in [-0.25, -0.2) is 0 Å². The van der Waals surface area contributed by atoms with Crippen LogP contribution < -0.4 is 0 Å². The van der Waals surface area contributed by atoms with Crippen LogP contribution in [0.1, 0.15) is 11.1 Å². The minimum atomic E-state index is 0.131. The largest absolute Gasteiger partial charge is 0.392 e. The smallest absolute Gasteiger partial charge is 0.0682 e. The summed E-state index contributed by atoms with van der Waals surface area (Å²) in [6.07, 6.45) is 0. The molecule has 0 fully saturated rings. The predicted molar refractivity (Wildman–Crippen MR) is 62.5 cm³/mol. The van der Waals surface area contributed by atoms with Gasteiger partial charge >= 0.3 is 0 Å². The van der Waals surface area contributed by atoms with E-state index in [2.05, 4.69) is 52.1 Å². The van der Waals surface area contributed by atoms with Gasteiger partial charge in [0.15, 0.2) is 0 Å². The number of halogens is 2. The zero-order valence-corrected chi connectivity index (χ0v) is 10.4. The number of hydrogen-bond donors (Lipinski definition) is 1. The summed E-state index contributed by atoms with van der Waals surface area (Å²) in [5.41, 5.74) is 2.28. The van der Waals surface area contributed by atoms with Crippen LogP contribution in [0.4, 0.5) is 0 Å². The first kappa shape index (κ1) is 9.73. The lowest BCUT2D eigenvalue weighted by atomic mass is 10.2. The van der Waals surface area contributed by atoms with Crippen LogP contribution in [0.3, 0.4) is 0 Å². The minimum absolute atomic E-state index is 0.131. The van der Waals surface area contributed by atoms with E-state index in [4.69, 9.17) is 5.11 Å². The fraction of sp³-hybridized carbons (Fsp3) is 0.250. The van der Waals surface area contributed by atoms with Gasteiger partial charge in [-0.2, -0.15) is 0 Å². The Morgan fingerprint density at radius 1 is 1.27 bits per heavy atom. The van der Waals surface area contributed by atoms with Gasteiger partial charge in [0.2, 0.25) is 0 Å². The molecule has 0 amide bonds. The van der Waals surface area contributed by atoms with E-state index in [9.17, 15) is 0 Å². The molecule has 1 aromatic rings. The van der Waals surface area contributed by atoms with Crippen LogP contribution in [-0.4, -0.2) is 5.11 Å². The maximum atomic E-state index is 8.87. The molecule has 0 atom stereocenters.